The van der Waals surface area contributed by atoms with E-state index >= 15 is 0 Å². The minimum Gasteiger partial charge on any atom is -0.479 e. The quantitative estimate of drug-likeness (QED) is 0.600. The molecule has 0 rings (SSSR count). The monoisotopic (exact) mass is 144 g/mol. The molecule has 0 saturated heterocycles. The molecule has 1 N–H and O–H groups in total. The van der Waals surface area contributed by atoms with E-state index in [1.165, 1.54) is 20.1 Å². The lowest BCUT2D eigenvalue weighted by molar-refractivity contribution is -0.159. The highest BCUT2D eigenvalue weighted by Crippen LogP contribution is 2.14. The van der Waals surface area contributed by atoms with Crippen LogP contribution >= 0.6 is 0 Å². The molecule has 0 aliphatic carbocycles. The molecule has 0 radical (unpaired) electrons. The van der Waals surface area contributed by atoms with Crippen LogP contribution in [0.5, 0.6) is 0 Å². The highest BCUT2D eigenvalue weighted by molar-refractivity contribution is 5.77. The van der Waals surface area contributed by atoms with Gasteiger partial charge in [-0.25, -0.2) is 4.79 Å². The average Bonchev–Trinajstić information content (AvgIpc) is 1.88. The van der Waals surface area contributed by atoms with Gasteiger partial charge in [0.15, 0.2) is 5.60 Å². The molecule has 3 heteroatoms. The van der Waals surface area contributed by atoms with Crippen molar-refractivity contribution in [3.63, 3.8) is 0 Å². The third-order valence-electron chi connectivity index (χ3n) is 1.44. The van der Waals surface area contributed by atoms with E-state index < -0.39 is 11.6 Å². The number of carboxylic acids is 1. The lowest BCUT2D eigenvalue weighted by Crippen LogP contribution is -2.36. The standard InChI is InChI=1S/C7H12O3/c1-4-5-7(2,10-3)6(8)9/h4H,1,5H2,2-3H3,(H,8,9). The fourth-order valence-electron chi connectivity index (χ4n) is 0.533. The fraction of sp³-hybridized carbons (Fsp3) is 0.571. The molecule has 0 amide bonds. The Morgan fingerprint density at radius 2 is 2.40 bits per heavy atom. The van der Waals surface area contributed by atoms with Crippen molar-refractivity contribution in [2.24, 2.45) is 0 Å². The molecule has 0 aromatic rings. The topological polar surface area (TPSA) is 46.5 Å². The van der Waals surface area contributed by atoms with Crippen LogP contribution in [0.4, 0.5) is 0 Å². The van der Waals surface area contributed by atoms with Crippen LogP contribution in [0.1, 0.15) is 13.3 Å². The van der Waals surface area contributed by atoms with E-state index in [1.807, 2.05) is 0 Å². The van der Waals surface area contributed by atoms with Gasteiger partial charge in [0.2, 0.25) is 0 Å². The Balaban J connectivity index is 4.21. The van der Waals surface area contributed by atoms with Crippen LogP contribution in [0, 0.1) is 0 Å². The number of aliphatic carboxylic acids is 1. The second-order valence-corrected chi connectivity index (χ2v) is 2.23. The lowest BCUT2D eigenvalue weighted by atomic mass is 10.0. The normalized spacial score (nSPS) is 15.8. The van der Waals surface area contributed by atoms with E-state index in [4.69, 9.17) is 9.84 Å². The number of rotatable bonds is 4. The first-order chi connectivity index (χ1) is 4.56. The number of hydrogen-bond donors (Lipinski definition) is 1. The molecule has 10 heavy (non-hydrogen) atoms. The molecule has 1 unspecified atom stereocenters. The largest absolute Gasteiger partial charge is 0.479 e. The van der Waals surface area contributed by atoms with Gasteiger partial charge in [0.1, 0.15) is 0 Å². The summed E-state index contributed by atoms with van der Waals surface area (Å²) < 4.78 is 4.77. The first-order valence-corrected chi connectivity index (χ1v) is 2.96. The van der Waals surface area contributed by atoms with E-state index in [0.29, 0.717) is 6.42 Å². The van der Waals surface area contributed by atoms with Crippen molar-refractivity contribution in [2.75, 3.05) is 7.11 Å². The van der Waals surface area contributed by atoms with Gasteiger partial charge >= 0.3 is 5.97 Å². The summed E-state index contributed by atoms with van der Waals surface area (Å²) in [5.74, 6) is -0.963. The fourth-order valence-corrected chi connectivity index (χ4v) is 0.533. The molecule has 0 aromatic carbocycles. The van der Waals surface area contributed by atoms with E-state index in [9.17, 15) is 4.79 Å². The maximum Gasteiger partial charge on any atom is 0.335 e. The molecular weight excluding hydrogens is 132 g/mol. The van der Waals surface area contributed by atoms with E-state index in [2.05, 4.69) is 6.58 Å². The highest BCUT2D eigenvalue weighted by atomic mass is 16.5. The highest BCUT2D eigenvalue weighted by Gasteiger charge is 2.30. The zero-order chi connectivity index (χ0) is 8.20. The number of methoxy groups -OCH3 is 1. The van der Waals surface area contributed by atoms with Gasteiger partial charge < -0.3 is 9.84 Å². The van der Waals surface area contributed by atoms with Gasteiger partial charge in [-0.1, -0.05) is 6.08 Å². The summed E-state index contributed by atoms with van der Waals surface area (Å²) >= 11 is 0. The van der Waals surface area contributed by atoms with Gasteiger partial charge in [-0.2, -0.15) is 0 Å². The Kier molecular flexibility index (Phi) is 3.09. The molecular formula is C7H12O3. The van der Waals surface area contributed by atoms with E-state index in [0.717, 1.165) is 0 Å². The average molecular weight is 144 g/mol. The molecule has 0 aliphatic rings. The molecule has 3 nitrogen and oxygen atoms in total. The Hall–Kier alpha value is -0.830. The van der Waals surface area contributed by atoms with Crippen molar-refractivity contribution in [1.29, 1.82) is 0 Å². The first-order valence-electron chi connectivity index (χ1n) is 2.96. The van der Waals surface area contributed by atoms with Gasteiger partial charge in [0.05, 0.1) is 0 Å². The molecule has 0 aromatic heterocycles. The number of hydrogen-bond acceptors (Lipinski definition) is 2. The van der Waals surface area contributed by atoms with Crippen LogP contribution in [0.25, 0.3) is 0 Å². The van der Waals surface area contributed by atoms with Crippen molar-refractivity contribution in [3.05, 3.63) is 12.7 Å². The Bertz CT molecular complexity index is 142. The van der Waals surface area contributed by atoms with Gasteiger partial charge in [0.25, 0.3) is 0 Å². The summed E-state index contributed by atoms with van der Waals surface area (Å²) in [6.45, 7) is 4.94. The van der Waals surface area contributed by atoms with Crippen molar-refractivity contribution >= 4 is 5.97 Å². The second kappa shape index (κ2) is 3.37. The summed E-state index contributed by atoms with van der Waals surface area (Å²) in [6, 6.07) is 0. The Morgan fingerprint density at radius 1 is 1.90 bits per heavy atom. The van der Waals surface area contributed by atoms with Crippen molar-refractivity contribution in [2.45, 2.75) is 18.9 Å². The lowest BCUT2D eigenvalue weighted by Gasteiger charge is -2.20. The zero-order valence-electron chi connectivity index (χ0n) is 6.26. The third kappa shape index (κ3) is 1.84. The minimum absolute atomic E-state index is 0.318. The molecule has 0 aliphatic heterocycles. The maximum absolute atomic E-state index is 10.5. The van der Waals surface area contributed by atoms with Crippen molar-refractivity contribution in [3.8, 4) is 0 Å². The summed E-state index contributed by atoms with van der Waals surface area (Å²) in [6.07, 6.45) is 1.84. The van der Waals surface area contributed by atoms with Crippen LogP contribution in [-0.2, 0) is 9.53 Å². The van der Waals surface area contributed by atoms with Gasteiger partial charge in [-0.3, -0.25) is 0 Å². The molecule has 0 fully saturated rings. The molecule has 1 atom stereocenters. The molecule has 0 heterocycles. The van der Waals surface area contributed by atoms with Gasteiger partial charge in [0, 0.05) is 13.5 Å². The second-order valence-electron chi connectivity index (χ2n) is 2.23. The van der Waals surface area contributed by atoms with Crippen molar-refractivity contribution in [1.82, 2.24) is 0 Å². The van der Waals surface area contributed by atoms with Crippen LogP contribution in [0.3, 0.4) is 0 Å². The van der Waals surface area contributed by atoms with Crippen LogP contribution < -0.4 is 0 Å². The molecule has 0 saturated carbocycles. The van der Waals surface area contributed by atoms with E-state index in [1.54, 1.807) is 0 Å². The summed E-state index contributed by atoms with van der Waals surface area (Å²) in [5.41, 5.74) is -1.11. The smallest absolute Gasteiger partial charge is 0.335 e. The Morgan fingerprint density at radius 3 is 2.50 bits per heavy atom. The molecule has 0 spiro atoms. The third-order valence-corrected chi connectivity index (χ3v) is 1.44. The summed E-state index contributed by atoms with van der Waals surface area (Å²) in [7, 11) is 1.37. The predicted octanol–water partition coefficient (Wildman–Crippen LogP) is 1.05. The maximum atomic E-state index is 10.5. The number of ether oxygens (including phenoxy) is 1. The molecule has 58 valence electrons. The zero-order valence-corrected chi connectivity index (χ0v) is 6.26. The van der Waals surface area contributed by atoms with Crippen LogP contribution in [0.15, 0.2) is 12.7 Å². The first kappa shape index (κ1) is 9.17. The van der Waals surface area contributed by atoms with Crippen LogP contribution in [0.2, 0.25) is 0 Å². The van der Waals surface area contributed by atoms with Crippen LogP contribution in [-0.4, -0.2) is 23.8 Å². The molecule has 0 bridgehead atoms. The number of carboxylic acid groups (broad SMARTS) is 1. The van der Waals surface area contributed by atoms with E-state index in [-0.39, 0.29) is 0 Å². The minimum atomic E-state index is -1.11. The summed E-state index contributed by atoms with van der Waals surface area (Å²) in [4.78, 5) is 10.5. The SMILES string of the molecule is C=CCC(C)(OC)C(=O)O. The Labute approximate surface area is 60.3 Å². The van der Waals surface area contributed by atoms with Gasteiger partial charge in [-0.05, 0) is 6.92 Å². The van der Waals surface area contributed by atoms with Gasteiger partial charge in [-0.15, -0.1) is 6.58 Å². The summed E-state index contributed by atoms with van der Waals surface area (Å²) in [5, 5.41) is 8.59. The predicted molar refractivity (Wildman–Crippen MR) is 37.9 cm³/mol. The van der Waals surface area contributed by atoms with Crippen molar-refractivity contribution < 1.29 is 14.6 Å². The number of carbonyl (C=O) groups is 1.